The van der Waals surface area contributed by atoms with Gasteiger partial charge in [-0.25, -0.2) is 4.98 Å². The number of piperidine rings is 2. The number of aromatic nitrogens is 2. The van der Waals surface area contributed by atoms with Crippen molar-refractivity contribution in [3.05, 3.63) is 28.9 Å². The zero-order chi connectivity index (χ0) is 14.7. The van der Waals surface area contributed by atoms with Gasteiger partial charge in [0.2, 0.25) is 5.91 Å². The number of likely N-dealkylation sites (tertiary alicyclic amines) is 1. The topological polar surface area (TPSA) is 67.2 Å². The second-order valence-electron chi connectivity index (χ2n) is 6.00. The van der Waals surface area contributed by atoms with Crippen molar-refractivity contribution >= 4 is 5.91 Å². The van der Waals surface area contributed by atoms with E-state index in [1.807, 2.05) is 0 Å². The molecule has 2 fully saturated rings. The van der Waals surface area contributed by atoms with Crippen molar-refractivity contribution in [1.82, 2.24) is 19.8 Å². The van der Waals surface area contributed by atoms with Crippen LogP contribution in [0.25, 0.3) is 0 Å². The summed E-state index contributed by atoms with van der Waals surface area (Å²) in [6.45, 7) is 3.43. The van der Waals surface area contributed by atoms with Gasteiger partial charge in [-0.05, 0) is 44.7 Å². The first-order valence-corrected chi connectivity index (χ1v) is 7.76. The minimum Gasteiger partial charge on any atom is -0.355 e. The first-order valence-electron chi connectivity index (χ1n) is 7.76. The zero-order valence-corrected chi connectivity index (χ0v) is 12.2. The van der Waals surface area contributed by atoms with Crippen LogP contribution in [0.1, 0.15) is 25.7 Å². The summed E-state index contributed by atoms with van der Waals surface area (Å²) in [5, 5.41) is 2.95. The van der Waals surface area contributed by atoms with Gasteiger partial charge >= 0.3 is 0 Å². The molecule has 0 aromatic carbocycles. The second kappa shape index (κ2) is 6.39. The van der Waals surface area contributed by atoms with Crippen LogP contribution in [-0.4, -0.2) is 46.0 Å². The molecule has 1 unspecified atom stereocenters. The molecule has 1 aromatic heterocycles. The van der Waals surface area contributed by atoms with Crippen molar-refractivity contribution in [2.75, 3.05) is 19.6 Å². The number of hydrogen-bond acceptors (Lipinski definition) is 4. The van der Waals surface area contributed by atoms with E-state index in [2.05, 4.69) is 15.2 Å². The summed E-state index contributed by atoms with van der Waals surface area (Å²) in [7, 11) is 0. The molecule has 2 saturated heterocycles. The highest BCUT2D eigenvalue weighted by molar-refractivity contribution is 5.82. The van der Waals surface area contributed by atoms with Crippen LogP contribution in [0, 0.1) is 5.92 Å². The lowest BCUT2D eigenvalue weighted by atomic mass is 9.94. The molecule has 0 bridgehead atoms. The molecule has 6 nitrogen and oxygen atoms in total. The fraction of sp³-hybridized carbons (Fsp3) is 0.667. The zero-order valence-electron chi connectivity index (χ0n) is 12.2. The SMILES string of the molecule is O=C1NCCCC1N1CCC(Cn2cnccc2=O)CC1. The molecule has 0 spiro atoms. The first kappa shape index (κ1) is 14.3. The van der Waals surface area contributed by atoms with Crippen LogP contribution in [0.2, 0.25) is 0 Å². The molecule has 114 valence electrons. The maximum Gasteiger partial charge on any atom is 0.253 e. The molecular formula is C15H22N4O2. The Bertz CT molecular complexity index is 549. The highest BCUT2D eigenvalue weighted by Gasteiger charge is 2.31. The number of carbonyl (C=O) groups excluding carboxylic acids is 1. The predicted molar refractivity (Wildman–Crippen MR) is 78.8 cm³/mol. The molecule has 2 aliphatic rings. The molecule has 1 atom stereocenters. The molecular weight excluding hydrogens is 268 g/mol. The number of hydrogen-bond donors (Lipinski definition) is 1. The highest BCUT2D eigenvalue weighted by Crippen LogP contribution is 2.22. The normalized spacial score (nSPS) is 24.8. The summed E-state index contributed by atoms with van der Waals surface area (Å²) in [5.41, 5.74) is 0.0130. The van der Waals surface area contributed by atoms with Gasteiger partial charge in [0.05, 0.1) is 12.4 Å². The van der Waals surface area contributed by atoms with E-state index in [4.69, 9.17) is 0 Å². The van der Waals surface area contributed by atoms with Gasteiger partial charge in [-0.15, -0.1) is 0 Å². The van der Waals surface area contributed by atoms with Crippen molar-refractivity contribution < 1.29 is 4.79 Å². The summed E-state index contributed by atoms with van der Waals surface area (Å²) >= 11 is 0. The maximum atomic E-state index is 11.9. The van der Waals surface area contributed by atoms with E-state index in [1.165, 1.54) is 12.3 Å². The number of nitrogens with one attached hydrogen (secondary N) is 1. The minimum absolute atomic E-state index is 0.0130. The van der Waals surface area contributed by atoms with Gasteiger partial charge in [-0.3, -0.25) is 19.1 Å². The molecule has 0 aliphatic carbocycles. The van der Waals surface area contributed by atoms with Crippen LogP contribution < -0.4 is 10.9 Å². The largest absolute Gasteiger partial charge is 0.355 e. The molecule has 0 radical (unpaired) electrons. The monoisotopic (exact) mass is 290 g/mol. The van der Waals surface area contributed by atoms with Crippen LogP contribution in [0.4, 0.5) is 0 Å². The third kappa shape index (κ3) is 3.32. The van der Waals surface area contributed by atoms with Gasteiger partial charge in [0, 0.05) is 25.4 Å². The van der Waals surface area contributed by atoms with Crippen LogP contribution in [0.5, 0.6) is 0 Å². The molecule has 1 amide bonds. The molecule has 1 N–H and O–H groups in total. The predicted octanol–water partition coefficient (Wildman–Crippen LogP) is 0.234. The maximum absolute atomic E-state index is 11.9. The van der Waals surface area contributed by atoms with Crippen LogP contribution in [0.3, 0.4) is 0 Å². The van der Waals surface area contributed by atoms with Gasteiger partial charge in [0.25, 0.3) is 5.56 Å². The van der Waals surface area contributed by atoms with Gasteiger partial charge < -0.3 is 5.32 Å². The number of carbonyl (C=O) groups is 1. The average molecular weight is 290 g/mol. The van der Waals surface area contributed by atoms with Crippen molar-refractivity contribution in [1.29, 1.82) is 0 Å². The molecule has 0 saturated carbocycles. The molecule has 3 heterocycles. The Balaban J connectivity index is 1.54. The van der Waals surface area contributed by atoms with E-state index >= 15 is 0 Å². The Morgan fingerprint density at radius 3 is 2.76 bits per heavy atom. The average Bonchev–Trinajstić information content (AvgIpc) is 2.51. The van der Waals surface area contributed by atoms with Crippen LogP contribution >= 0.6 is 0 Å². The Labute approximate surface area is 124 Å². The first-order chi connectivity index (χ1) is 10.2. The fourth-order valence-electron chi connectivity index (χ4n) is 3.35. The highest BCUT2D eigenvalue weighted by atomic mass is 16.2. The van der Waals surface area contributed by atoms with Crippen molar-refractivity contribution in [3.63, 3.8) is 0 Å². The number of nitrogens with zero attached hydrogens (tertiary/aromatic N) is 3. The summed E-state index contributed by atoms with van der Waals surface area (Å²) in [6.07, 6.45) is 7.25. The molecule has 3 rings (SSSR count). The lowest BCUT2D eigenvalue weighted by Crippen LogP contribution is -2.52. The third-order valence-corrected chi connectivity index (χ3v) is 4.59. The minimum atomic E-state index is 0.0130. The Morgan fingerprint density at radius 2 is 2.05 bits per heavy atom. The standard InChI is InChI=1S/C15H22N4O2/c20-14-3-7-16-11-19(14)10-12-4-8-18(9-5-12)13-2-1-6-17-15(13)21/h3,7,11-13H,1-2,4-6,8-10H2,(H,17,21). The summed E-state index contributed by atoms with van der Waals surface area (Å²) in [5.74, 6) is 0.679. The smallest absolute Gasteiger partial charge is 0.253 e. The van der Waals surface area contributed by atoms with Crippen LogP contribution in [-0.2, 0) is 11.3 Å². The summed E-state index contributed by atoms with van der Waals surface area (Å²) in [4.78, 5) is 29.9. The molecule has 2 aliphatic heterocycles. The van der Waals surface area contributed by atoms with E-state index in [9.17, 15) is 9.59 Å². The Morgan fingerprint density at radius 1 is 1.24 bits per heavy atom. The van der Waals surface area contributed by atoms with Crippen LogP contribution in [0.15, 0.2) is 23.4 Å². The fourth-order valence-corrected chi connectivity index (χ4v) is 3.35. The Hall–Kier alpha value is -1.69. The van der Waals surface area contributed by atoms with E-state index in [-0.39, 0.29) is 17.5 Å². The molecule has 21 heavy (non-hydrogen) atoms. The van der Waals surface area contributed by atoms with Gasteiger partial charge in [0.15, 0.2) is 0 Å². The lowest BCUT2D eigenvalue weighted by Gasteiger charge is -2.38. The van der Waals surface area contributed by atoms with E-state index in [0.29, 0.717) is 5.92 Å². The Kier molecular flexibility index (Phi) is 4.34. The van der Waals surface area contributed by atoms with Crippen molar-refractivity contribution in [2.45, 2.75) is 38.3 Å². The van der Waals surface area contributed by atoms with E-state index in [1.54, 1.807) is 10.9 Å². The van der Waals surface area contributed by atoms with E-state index < -0.39 is 0 Å². The van der Waals surface area contributed by atoms with E-state index in [0.717, 1.165) is 51.9 Å². The van der Waals surface area contributed by atoms with Crippen molar-refractivity contribution in [2.24, 2.45) is 5.92 Å². The van der Waals surface area contributed by atoms with Gasteiger partial charge in [-0.2, -0.15) is 0 Å². The summed E-state index contributed by atoms with van der Waals surface area (Å²) < 4.78 is 1.69. The van der Waals surface area contributed by atoms with Gasteiger partial charge in [0.1, 0.15) is 0 Å². The summed E-state index contributed by atoms with van der Waals surface area (Å²) in [6, 6.07) is 1.56. The quantitative estimate of drug-likeness (QED) is 0.865. The van der Waals surface area contributed by atoms with Gasteiger partial charge in [-0.1, -0.05) is 0 Å². The lowest BCUT2D eigenvalue weighted by molar-refractivity contribution is -0.128. The second-order valence-corrected chi connectivity index (χ2v) is 6.00. The van der Waals surface area contributed by atoms with Crippen molar-refractivity contribution in [3.8, 4) is 0 Å². The third-order valence-electron chi connectivity index (χ3n) is 4.59. The number of rotatable bonds is 3. The molecule has 1 aromatic rings. The number of amides is 1. The molecule has 6 heteroatoms.